The van der Waals surface area contributed by atoms with E-state index in [1.54, 1.807) is 24.3 Å². The monoisotopic (exact) mass is 575 g/mol. The Balaban J connectivity index is 1.66. The van der Waals surface area contributed by atoms with Gasteiger partial charge in [-0.15, -0.1) is 6.42 Å². The minimum absolute atomic E-state index is 0.101. The average molecular weight is 575 g/mol. The van der Waals surface area contributed by atoms with Gasteiger partial charge in [-0.1, -0.05) is 17.8 Å². The van der Waals surface area contributed by atoms with Crippen LogP contribution in [0.3, 0.4) is 0 Å². The van der Waals surface area contributed by atoms with E-state index in [9.17, 15) is 28.3 Å². The van der Waals surface area contributed by atoms with Gasteiger partial charge < -0.3 is 30.0 Å². The predicted molar refractivity (Wildman–Crippen MR) is 126 cm³/mol. The number of anilines is 1. The maximum Gasteiger partial charge on any atom is 0.490 e. The zero-order chi connectivity index (χ0) is 27.4. The Kier molecular flexibility index (Phi) is 8.93. The number of phosphoric ester groups is 1. The molecule has 1 saturated heterocycles. The van der Waals surface area contributed by atoms with E-state index in [2.05, 4.69) is 35.9 Å². The molecule has 0 bridgehead atoms. The van der Waals surface area contributed by atoms with Gasteiger partial charge in [0.15, 0.2) is 0 Å². The predicted octanol–water partition coefficient (Wildman–Crippen LogP) is 1.23. The van der Waals surface area contributed by atoms with Crippen LogP contribution in [0.5, 0.6) is 0 Å². The first-order valence-corrected chi connectivity index (χ1v) is 14.6. The number of benzene rings is 1. The van der Waals surface area contributed by atoms with Crippen molar-refractivity contribution in [1.29, 1.82) is 0 Å². The molecule has 0 amide bonds. The maximum atomic E-state index is 12.4. The molecule has 0 saturated carbocycles. The molecule has 198 valence electrons. The molecule has 15 nitrogen and oxygen atoms in total. The molecule has 2 aromatic rings. The third-order valence-electron chi connectivity index (χ3n) is 4.61. The third kappa shape index (κ3) is 8.73. The van der Waals surface area contributed by atoms with Gasteiger partial charge >= 0.3 is 29.2 Å². The number of aromatic nitrogens is 2. The topological polar surface area (TPSA) is 230 Å². The summed E-state index contributed by atoms with van der Waals surface area (Å²) < 4.78 is 52.6. The molecule has 0 aliphatic carbocycles. The lowest BCUT2D eigenvalue weighted by Gasteiger charge is -2.19. The normalized spacial score (nSPS) is 20.7. The summed E-state index contributed by atoms with van der Waals surface area (Å²) in [7, 11) is -16.4. The summed E-state index contributed by atoms with van der Waals surface area (Å²) in [5.41, 5.74) is 6.64. The second kappa shape index (κ2) is 11.4. The maximum absolute atomic E-state index is 12.4. The summed E-state index contributed by atoms with van der Waals surface area (Å²) in [6.45, 7) is -0.641. The van der Waals surface area contributed by atoms with Crippen LogP contribution in [0.1, 0.15) is 35.8 Å². The van der Waals surface area contributed by atoms with Crippen LogP contribution in [0.2, 0.25) is 0 Å². The Bertz CT molecular complexity index is 1470. The largest absolute Gasteiger partial charge is 0.490 e. The van der Waals surface area contributed by atoms with E-state index >= 15 is 0 Å². The van der Waals surface area contributed by atoms with Gasteiger partial charge in [-0.3, -0.25) is 9.09 Å². The number of nitrogen functional groups attached to an aromatic ring is 1. The standard InChI is InChI=1S/C19H20N3O12P3/c1-2-13-3-5-14(6-4-13)7-8-15-11-22(19(23)21-18(15)20)17-10-9-16(32-17)12-31-36(27,28)34-37(29,30)33-35(24,25)26/h1,3-6,11,16-17H,9-10,12H2,(H,27,28)(H,29,30)(H2,20,21,23)(H2,24,25,26)/t16-,17+/m0/s1. The fourth-order valence-electron chi connectivity index (χ4n) is 3.07. The molecule has 3 rings (SSSR count). The van der Waals surface area contributed by atoms with Crippen molar-refractivity contribution in [2.45, 2.75) is 25.2 Å². The lowest BCUT2D eigenvalue weighted by molar-refractivity contribution is -0.0242. The van der Waals surface area contributed by atoms with Crippen LogP contribution >= 0.6 is 23.5 Å². The van der Waals surface area contributed by atoms with Crippen LogP contribution in [0.4, 0.5) is 5.82 Å². The van der Waals surface area contributed by atoms with Crippen LogP contribution in [0, 0.1) is 24.2 Å². The van der Waals surface area contributed by atoms with E-state index in [0.717, 1.165) is 4.57 Å². The highest BCUT2D eigenvalue weighted by atomic mass is 31.3. The van der Waals surface area contributed by atoms with Gasteiger partial charge in [0.1, 0.15) is 12.0 Å². The van der Waals surface area contributed by atoms with E-state index in [1.165, 1.54) is 6.20 Å². The lowest BCUT2D eigenvalue weighted by Crippen LogP contribution is -2.29. The minimum atomic E-state index is -5.64. The Morgan fingerprint density at radius 2 is 1.70 bits per heavy atom. The van der Waals surface area contributed by atoms with Crippen molar-refractivity contribution in [2.24, 2.45) is 0 Å². The van der Waals surface area contributed by atoms with Gasteiger partial charge in [-0.25, -0.2) is 18.5 Å². The van der Waals surface area contributed by atoms with Gasteiger partial charge in [-0.05, 0) is 37.1 Å². The summed E-state index contributed by atoms with van der Waals surface area (Å²) in [4.78, 5) is 52.0. The molecule has 2 heterocycles. The van der Waals surface area contributed by atoms with Crippen molar-refractivity contribution >= 4 is 29.3 Å². The first-order valence-electron chi connectivity index (χ1n) is 10.1. The Morgan fingerprint density at radius 3 is 2.32 bits per heavy atom. The van der Waals surface area contributed by atoms with Crippen molar-refractivity contribution < 1.29 is 51.2 Å². The molecule has 0 radical (unpaired) electrons. The summed E-state index contributed by atoms with van der Waals surface area (Å²) in [6.07, 6.45) is 5.40. The fraction of sp³-hybridized carbons (Fsp3) is 0.263. The molecule has 18 heteroatoms. The molecule has 1 fully saturated rings. The molecule has 1 aliphatic heterocycles. The second-order valence-corrected chi connectivity index (χ2v) is 11.8. The number of nitrogens with zero attached hydrogens (tertiary/aromatic N) is 2. The molecule has 37 heavy (non-hydrogen) atoms. The SMILES string of the molecule is C#Cc1ccc(C#Cc2cn([C@H]3CC[C@@H](COP(=O)(O)OP(=O)(O)OP(=O)(O)O)O3)c(=O)nc2N)cc1. The van der Waals surface area contributed by atoms with Crippen LogP contribution in [0.25, 0.3) is 0 Å². The van der Waals surface area contributed by atoms with E-state index in [1.807, 2.05) is 0 Å². The first kappa shape index (κ1) is 29.0. The van der Waals surface area contributed by atoms with Crippen molar-refractivity contribution in [3.05, 3.63) is 57.6 Å². The van der Waals surface area contributed by atoms with E-state index in [0.29, 0.717) is 11.1 Å². The molecule has 1 aliphatic rings. The highest BCUT2D eigenvalue weighted by molar-refractivity contribution is 7.66. The zero-order valence-corrected chi connectivity index (χ0v) is 21.3. The summed E-state index contributed by atoms with van der Waals surface area (Å²) in [6, 6.07) is 6.84. The van der Waals surface area contributed by atoms with E-state index in [4.69, 9.17) is 26.7 Å². The summed E-state index contributed by atoms with van der Waals surface area (Å²) in [5, 5.41) is 0. The second-order valence-electron chi connectivity index (χ2n) is 7.38. The van der Waals surface area contributed by atoms with Gasteiger partial charge in [0, 0.05) is 17.3 Å². The average Bonchev–Trinajstić information content (AvgIpc) is 3.24. The van der Waals surface area contributed by atoms with Crippen molar-refractivity contribution in [3.8, 4) is 24.2 Å². The summed E-state index contributed by atoms with van der Waals surface area (Å²) in [5.74, 6) is 8.08. The highest BCUT2D eigenvalue weighted by Gasteiger charge is 2.41. The van der Waals surface area contributed by atoms with Crippen molar-refractivity contribution in [2.75, 3.05) is 12.3 Å². The number of rotatable bonds is 8. The van der Waals surface area contributed by atoms with Crippen LogP contribution in [0.15, 0.2) is 35.3 Å². The number of nitrogens with two attached hydrogens (primary N) is 1. The molecular weight excluding hydrogens is 555 g/mol. The zero-order valence-electron chi connectivity index (χ0n) is 18.6. The number of hydrogen-bond acceptors (Lipinski definition) is 10. The molecule has 1 aromatic heterocycles. The van der Waals surface area contributed by atoms with E-state index in [-0.39, 0.29) is 24.2 Å². The number of hydrogen-bond donors (Lipinski definition) is 5. The Labute approximate surface area is 209 Å². The van der Waals surface area contributed by atoms with Gasteiger partial charge in [0.05, 0.1) is 18.3 Å². The molecule has 4 atom stereocenters. The smallest absolute Gasteiger partial charge is 0.382 e. The number of terminal acetylenes is 1. The Hall–Kier alpha value is -2.61. The molecule has 2 unspecified atom stereocenters. The molecule has 0 spiro atoms. The first-order chi connectivity index (χ1) is 17.2. The third-order valence-corrected chi connectivity index (χ3v) is 8.41. The molecule has 1 aromatic carbocycles. The minimum Gasteiger partial charge on any atom is -0.382 e. The van der Waals surface area contributed by atoms with Crippen LogP contribution in [-0.4, -0.2) is 41.8 Å². The fourth-order valence-corrected chi connectivity index (χ4v) is 6.12. The lowest BCUT2D eigenvalue weighted by atomic mass is 10.1. The van der Waals surface area contributed by atoms with E-state index < -0.39 is 48.1 Å². The molecular formula is C19H20N3O12P3. The number of phosphoric acid groups is 3. The van der Waals surface area contributed by atoms with Crippen molar-refractivity contribution in [3.63, 3.8) is 0 Å². The van der Waals surface area contributed by atoms with Gasteiger partial charge in [-0.2, -0.15) is 13.6 Å². The van der Waals surface area contributed by atoms with Crippen LogP contribution in [-0.2, 0) is 31.6 Å². The van der Waals surface area contributed by atoms with Crippen molar-refractivity contribution in [1.82, 2.24) is 9.55 Å². The Morgan fingerprint density at radius 1 is 1.05 bits per heavy atom. The number of ether oxygens (including phenoxy) is 1. The van der Waals surface area contributed by atoms with Gasteiger partial charge in [0.25, 0.3) is 0 Å². The van der Waals surface area contributed by atoms with Crippen LogP contribution < -0.4 is 11.4 Å². The molecule has 6 N–H and O–H groups in total. The quantitative estimate of drug-likeness (QED) is 0.220. The van der Waals surface area contributed by atoms with Gasteiger partial charge in [0.2, 0.25) is 0 Å². The summed E-state index contributed by atoms with van der Waals surface area (Å²) >= 11 is 0. The highest BCUT2D eigenvalue weighted by Crippen LogP contribution is 2.66.